The van der Waals surface area contributed by atoms with Gasteiger partial charge in [0.2, 0.25) is 5.78 Å². The highest BCUT2D eigenvalue weighted by molar-refractivity contribution is 6.00. The average Bonchev–Trinajstić information content (AvgIpc) is 3.37. The van der Waals surface area contributed by atoms with Crippen LogP contribution in [-0.2, 0) is 7.05 Å². The number of aromatic nitrogens is 3. The molecule has 1 aromatic carbocycles. The smallest absolute Gasteiger partial charge is 0.259 e. The molecule has 2 aromatic heterocycles. The second-order valence-corrected chi connectivity index (χ2v) is 6.76. The van der Waals surface area contributed by atoms with Crippen LogP contribution in [0, 0.1) is 5.92 Å². The number of hydrogen-bond donors (Lipinski definition) is 0. The zero-order valence-electron chi connectivity index (χ0n) is 15.0. The topological polar surface area (TPSA) is 81.2 Å². The Labute approximate surface area is 156 Å². The lowest BCUT2D eigenvalue weighted by Gasteiger charge is -2.31. The molecule has 0 spiro atoms. The molecule has 4 rings (SSSR count). The van der Waals surface area contributed by atoms with Gasteiger partial charge < -0.3 is 14.0 Å². The van der Waals surface area contributed by atoms with Crippen molar-refractivity contribution in [1.82, 2.24) is 19.6 Å². The van der Waals surface area contributed by atoms with Crippen LogP contribution in [0.15, 0.2) is 53.5 Å². The molecule has 3 heterocycles. The molecule has 1 aliphatic heterocycles. The Morgan fingerprint density at radius 2 is 2.04 bits per heavy atom. The monoisotopic (exact) mass is 364 g/mol. The Morgan fingerprint density at radius 3 is 2.78 bits per heavy atom. The molecule has 3 aromatic rings. The van der Waals surface area contributed by atoms with E-state index in [9.17, 15) is 9.59 Å². The Balaban J connectivity index is 1.54. The van der Waals surface area contributed by atoms with Gasteiger partial charge in [0.05, 0.1) is 0 Å². The maximum Gasteiger partial charge on any atom is 0.259 e. The van der Waals surface area contributed by atoms with E-state index in [4.69, 9.17) is 4.52 Å². The van der Waals surface area contributed by atoms with Gasteiger partial charge in [-0.05, 0) is 12.8 Å². The summed E-state index contributed by atoms with van der Waals surface area (Å²) >= 11 is 0. The molecule has 0 bridgehead atoms. The number of carbonyl (C=O) groups is 2. The third kappa shape index (κ3) is 3.28. The van der Waals surface area contributed by atoms with Gasteiger partial charge in [0.25, 0.3) is 5.91 Å². The summed E-state index contributed by atoms with van der Waals surface area (Å²) in [6.07, 6.45) is 6.28. The van der Waals surface area contributed by atoms with Gasteiger partial charge in [0.1, 0.15) is 17.5 Å². The molecule has 0 radical (unpaired) electrons. The molecule has 7 heteroatoms. The number of aryl methyl sites for hydroxylation is 1. The lowest BCUT2D eigenvalue weighted by Crippen LogP contribution is -2.42. The predicted octanol–water partition coefficient (Wildman–Crippen LogP) is 2.81. The minimum absolute atomic E-state index is 0.0198. The van der Waals surface area contributed by atoms with E-state index in [-0.39, 0.29) is 17.6 Å². The van der Waals surface area contributed by atoms with Crippen molar-refractivity contribution in [2.75, 3.05) is 13.1 Å². The molecule has 138 valence electrons. The lowest BCUT2D eigenvalue weighted by atomic mass is 9.92. The van der Waals surface area contributed by atoms with Crippen molar-refractivity contribution in [2.45, 2.75) is 12.8 Å². The molecule has 7 nitrogen and oxygen atoms in total. The van der Waals surface area contributed by atoms with Crippen molar-refractivity contribution in [3.8, 4) is 11.3 Å². The Morgan fingerprint density at radius 1 is 1.22 bits per heavy atom. The van der Waals surface area contributed by atoms with Crippen molar-refractivity contribution in [2.24, 2.45) is 13.0 Å². The largest absolute Gasteiger partial charge is 0.363 e. The fourth-order valence-corrected chi connectivity index (χ4v) is 3.52. The van der Waals surface area contributed by atoms with E-state index in [0.717, 1.165) is 18.4 Å². The quantitative estimate of drug-likeness (QED) is 0.665. The van der Waals surface area contributed by atoms with Crippen LogP contribution >= 0.6 is 0 Å². The van der Waals surface area contributed by atoms with Gasteiger partial charge in [-0.25, -0.2) is 4.98 Å². The highest BCUT2D eigenvalue weighted by atomic mass is 16.5. The summed E-state index contributed by atoms with van der Waals surface area (Å²) < 4.78 is 6.80. The number of carbonyl (C=O) groups excluding carboxylic acids is 2. The summed E-state index contributed by atoms with van der Waals surface area (Å²) in [5.41, 5.74) is 1.77. The van der Waals surface area contributed by atoms with Crippen LogP contribution in [-0.4, -0.2) is 44.4 Å². The molecular formula is C20H20N4O3. The molecule has 1 fully saturated rings. The molecule has 0 N–H and O–H groups in total. The normalized spacial score (nSPS) is 17.1. The fraction of sp³-hybridized carbons (Fsp3) is 0.300. The SMILES string of the molecule is Cn1ccnc1C(=O)[C@@H]1CCCN(C(=O)c2conc2-c2ccccc2)C1. The number of nitrogens with zero attached hydrogens (tertiary/aromatic N) is 4. The first-order valence-electron chi connectivity index (χ1n) is 8.95. The number of hydrogen-bond acceptors (Lipinski definition) is 5. The first-order chi connectivity index (χ1) is 13.1. The highest BCUT2D eigenvalue weighted by Gasteiger charge is 2.32. The first kappa shape index (κ1) is 17.2. The van der Waals surface area contributed by atoms with E-state index >= 15 is 0 Å². The number of likely N-dealkylation sites (tertiary alicyclic amines) is 1. The van der Waals surface area contributed by atoms with Crippen LogP contribution in [0.5, 0.6) is 0 Å². The van der Waals surface area contributed by atoms with Crippen LogP contribution in [0.2, 0.25) is 0 Å². The summed E-state index contributed by atoms with van der Waals surface area (Å²) in [5.74, 6) is 0.00846. The van der Waals surface area contributed by atoms with E-state index in [1.165, 1.54) is 6.26 Å². The molecule has 1 atom stereocenters. The number of Topliss-reactive ketones (excluding diaryl/α,β-unsaturated/α-hetero) is 1. The van der Waals surface area contributed by atoms with Crippen molar-refractivity contribution < 1.29 is 14.1 Å². The standard InChI is InChI=1S/C20H20N4O3/c1-23-11-9-21-19(23)18(25)15-8-5-10-24(12-15)20(26)16-13-27-22-17(16)14-6-3-2-4-7-14/h2-4,6-7,9,11,13,15H,5,8,10,12H2,1H3/t15-/m1/s1. The van der Waals surface area contributed by atoms with Gasteiger partial charge in [-0.3, -0.25) is 9.59 Å². The van der Waals surface area contributed by atoms with Crippen LogP contribution in [0.1, 0.15) is 33.8 Å². The third-order valence-electron chi connectivity index (χ3n) is 4.97. The molecule has 27 heavy (non-hydrogen) atoms. The maximum absolute atomic E-state index is 13.1. The van der Waals surface area contributed by atoms with E-state index in [1.54, 1.807) is 28.9 Å². The Hall–Kier alpha value is -3.22. The zero-order valence-corrected chi connectivity index (χ0v) is 15.0. The van der Waals surface area contributed by atoms with Gasteiger partial charge in [0.15, 0.2) is 5.82 Å². The van der Waals surface area contributed by atoms with Crippen molar-refractivity contribution >= 4 is 11.7 Å². The second kappa shape index (κ2) is 7.19. The van der Waals surface area contributed by atoms with Gasteiger partial charge in [-0.15, -0.1) is 0 Å². The minimum Gasteiger partial charge on any atom is -0.363 e. The maximum atomic E-state index is 13.1. The molecule has 0 aliphatic carbocycles. The van der Waals surface area contributed by atoms with Crippen LogP contribution in [0.3, 0.4) is 0 Å². The average molecular weight is 364 g/mol. The minimum atomic E-state index is -0.246. The van der Waals surface area contributed by atoms with Crippen molar-refractivity contribution in [3.05, 3.63) is 60.4 Å². The predicted molar refractivity (Wildman–Crippen MR) is 98.1 cm³/mol. The van der Waals surface area contributed by atoms with Gasteiger partial charge >= 0.3 is 0 Å². The zero-order chi connectivity index (χ0) is 18.8. The number of benzene rings is 1. The highest BCUT2D eigenvalue weighted by Crippen LogP contribution is 2.26. The molecule has 1 aliphatic rings. The molecular weight excluding hydrogens is 344 g/mol. The van der Waals surface area contributed by atoms with E-state index in [2.05, 4.69) is 10.1 Å². The molecule has 0 unspecified atom stereocenters. The summed E-state index contributed by atoms with van der Waals surface area (Å²) in [6, 6.07) is 9.46. The van der Waals surface area contributed by atoms with Gasteiger partial charge in [-0.2, -0.15) is 0 Å². The number of piperidine rings is 1. The van der Waals surface area contributed by atoms with Gasteiger partial charge in [0, 0.05) is 44.0 Å². The second-order valence-electron chi connectivity index (χ2n) is 6.76. The van der Waals surface area contributed by atoms with E-state index < -0.39 is 0 Å². The van der Waals surface area contributed by atoms with Crippen LogP contribution in [0.4, 0.5) is 0 Å². The fourth-order valence-electron chi connectivity index (χ4n) is 3.52. The third-order valence-corrected chi connectivity index (χ3v) is 4.97. The number of ketones is 1. The van der Waals surface area contributed by atoms with Crippen molar-refractivity contribution in [1.29, 1.82) is 0 Å². The van der Waals surface area contributed by atoms with Gasteiger partial charge in [-0.1, -0.05) is 35.5 Å². The van der Waals surface area contributed by atoms with E-state index in [1.807, 2.05) is 30.3 Å². The lowest BCUT2D eigenvalue weighted by molar-refractivity contribution is 0.0633. The van der Waals surface area contributed by atoms with E-state index in [0.29, 0.717) is 30.2 Å². The number of amides is 1. The summed E-state index contributed by atoms with van der Waals surface area (Å²) in [5, 5.41) is 4.01. The molecule has 0 saturated carbocycles. The summed E-state index contributed by atoms with van der Waals surface area (Å²) in [7, 11) is 1.80. The van der Waals surface area contributed by atoms with Crippen molar-refractivity contribution in [3.63, 3.8) is 0 Å². The van der Waals surface area contributed by atoms with Crippen LogP contribution < -0.4 is 0 Å². The first-order valence-corrected chi connectivity index (χ1v) is 8.95. The molecule has 1 saturated heterocycles. The Bertz CT molecular complexity index is 961. The number of imidazole rings is 1. The van der Waals surface area contributed by atoms with Crippen LogP contribution in [0.25, 0.3) is 11.3 Å². The summed E-state index contributed by atoms with van der Waals surface area (Å²) in [4.78, 5) is 31.7. The number of rotatable bonds is 4. The summed E-state index contributed by atoms with van der Waals surface area (Å²) in [6.45, 7) is 0.993. The Kier molecular flexibility index (Phi) is 4.58. The molecule has 1 amide bonds.